The molecule has 0 aliphatic rings. The quantitative estimate of drug-likeness (QED) is 0.790. The first kappa shape index (κ1) is 10.1. The van der Waals surface area contributed by atoms with Crippen molar-refractivity contribution in [2.24, 2.45) is 0 Å². The van der Waals surface area contributed by atoms with E-state index in [0.29, 0.717) is 11.6 Å². The Labute approximate surface area is 93.7 Å². The molecular formula is C12H12ClNO. The summed E-state index contributed by atoms with van der Waals surface area (Å²) in [6.07, 6.45) is 0.681. The highest BCUT2D eigenvalue weighted by Gasteiger charge is 2.05. The second kappa shape index (κ2) is 3.99. The van der Waals surface area contributed by atoms with Gasteiger partial charge in [0.1, 0.15) is 5.76 Å². The van der Waals surface area contributed by atoms with E-state index in [1.807, 2.05) is 31.2 Å². The zero-order valence-corrected chi connectivity index (χ0v) is 9.21. The average molecular weight is 222 g/mol. The molecule has 2 aromatic rings. The molecule has 78 valence electrons. The number of nitrogens with two attached hydrogens (primary N) is 1. The number of rotatable bonds is 2. The summed E-state index contributed by atoms with van der Waals surface area (Å²) in [5.41, 5.74) is 8.95. The highest BCUT2D eigenvalue weighted by molar-refractivity contribution is 6.28. The van der Waals surface area contributed by atoms with Gasteiger partial charge in [-0.1, -0.05) is 18.2 Å². The molecule has 2 nitrogen and oxygen atoms in total. The van der Waals surface area contributed by atoms with E-state index in [4.69, 9.17) is 21.8 Å². The van der Waals surface area contributed by atoms with E-state index < -0.39 is 0 Å². The fourth-order valence-corrected chi connectivity index (χ4v) is 1.69. The van der Waals surface area contributed by atoms with E-state index in [0.717, 1.165) is 22.6 Å². The molecule has 0 fully saturated rings. The molecule has 0 saturated carbocycles. The third-order valence-electron chi connectivity index (χ3n) is 2.41. The fourth-order valence-electron chi connectivity index (χ4n) is 1.53. The van der Waals surface area contributed by atoms with Crippen LogP contribution in [0.25, 0.3) is 0 Å². The molecule has 1 aromatic heterocycles. The standard InChI is InChI=1S/C12H12ClNO/c1-8-3-2-4-9(12(8)14)7-10-5-6-11(13)15-10/h2-6H,7,14H2,1H3. The summed E-state index contributed by atoms with van der Waals surface area (Å²) in [6, 6.07) is 9.59. The number of anilines is 1. The van der Waals surface area contributed by atoms with Crippen LogP contribution in [0.5, 0.6) is 0 Å². The zero-order valence-electron chi connectivity index (χ0n) is 8.46. The largest absolute Gasteiger partial charge is 0.449 e. The van der Waals surface area contributed by atoms with E-state index in [2.05, 4.69) is 0 Å². The lowest BCUT2D eigenvalue weighted by atomic mass is 10.0. The van der Waals surface area contributed by atoms with Crippen molar-refractivity contribution in [2.45, 2.75) is 13.3 Å². The highest BCUT2D eigenvalue weighted by Crippen LogP contribution is 2.22. The van der Waals surface area contributed by atoms with Crippen molar-refractivity contribution in [3.8, 4) is 0 Å². The van der Waals surface area contributed by atoms with Crippen LogP contribution in [0, 0.1) is 6.92 Å². The van der Waals surface area contributed by atoms with Crippen LogP contribution >= 0.6 is 11.6 Å². The monoisotopic (exact) mass is 221 g/mol. The van der Waals surface area contributed by atoms with Gasteiger partial charge in [0.15, 0.2) is 5.22 Å². The number of hydrogen-bond donors (Lipinski definition) is 1. The Bertz CT molecular complexity index is 476. The number of nitrogen functional groups attached to an aromatic ring is 1. The lowest BCUT2D eigenvalue weighted by molar-refractivity contribution is 0.523. The number of benzene rings is 1. The van der Waals surface area contributed by atoms with E-state index in [1.165, 1.54) is 0 Å². The van der Waals surface area contributed by atoms with Gasteiger partial charge < -0.3 is 10.2 Å². The fraction of sp³-hybridized carbons (Fsp3) is 0.167. The molecule has 3 heteroatoms. The maximum absolute atomic E-state index is 5.96. The number of halogens is 1. The van der Waals surface area contributed by atoms with Crippen LogP contribution in [-0.2, 0) is 6.42 Å². The SMILES string of the molecule is Cc1cccc(Cc2ccc(Cl)o2)c1N. The molecular weight excluding hydrogens is 210 g/mol. The molecule has 0 bridgehead atoms. The Kier molecular flexibility index (Phi) is 2.69. The number of para-hydroxylation sites is 1. The Balaban J connectivity index is 2.28. The molecule has 0 unspecified atom stereocenters. The molecule has 0 amide bonds. The molecule has 2 N–H and O–H groups in total. The van der Waals surface area contributed by atoms with Crippen LogP contribution in [0.3, 0.4) is 0 Å². The third kappa shape index (κ3) is 2.16. The minimum absolute atomic E-state index is 0.413. The van der Waals surface area contributed by atoms with Crippen LogP contribution in [0.15, 0.2) is 34.7 Å². The van der Waals surface area contributed by atoms with Crippen molar-refractivity contribution in [3.63, 3.8) is 0 Å². The minimum atomic E-state index is 0.413. The van der Waals surface area contributed by atoms with Gasteiger partial charge in [-0.05, 0) is 41.8 Å². The van der Waals surface area contributed by atoms with Crippen molar-refractivity contribution < 1.29 is 4.42 Å². The van der Waals surface area contributed by atoms with Crippen LogP contribution < -0.4 is 5.73 Å². The molecule has 0 atom stereocenters. The number of aryl methyl sites for hydroxylation is 1. The first-order valence-electron chi connectivity index (χ1n) is 4.75. The lowest BCUT2D eigenvalue weighted by Crippen LogP contribution is -1.97. The third-order valence-corrected chi connectivity index (χ3v) is 2.61. The van der Waals surface area contributed by atoms with Gasteiger partial charge in [0.05, 0.1) is 0 Å². The van der Waals surface area contributed by atoms with E-state index in [1.54, 1.807) is 6.07 Å². The summed E-state index contributed by atoms with van der Waals surface area (Å²) < 4.78 is 5.29. The van der Waals surface area contributed by atoms with Crippen molar-refractivity contribution in [1.29, 1.82) is 0 Å². The highest BCUT2D eigenvalue weighted by atomic mass is 35.5. The summed E-state index contributed by atoms with van der Waals surface area (Å²) in [6.45, 7) is 1.99. The van der Waals surface area contributed by atoms with Crippen molar-refractivity contribution >= 4 is 17.3 Å². The molecule has 0 radical (unpaired) electrons. The molecule has 0 aliphatic carbocycles. The number of hydrogen-bond acceptors (Lipinski definition) is 2. The Morgan fingerprint density at radius 3 is 2.73 bits per heavy atom. The first-order chi connectivity index (χ1) is 7.16. The predicted molar refractivity (Wildman–Crippen MR) is 62.1 cm³/mol. The van der Waals surface area contributed by atoms with Crippen LogP contribution in [0.2, 0.25) is 5.22 Å². The Morgan fingerprint density at radius 2 is 2.07 bits per heavy atom. The summed E-state index contributed by atoms with van der Waals surface area (Å²) in [4.78, 5) is 0. The summed E-state index contributed by atoms with van der Waals surface area (Å²) in [7, 11) is 0. The van der Waals surface area contributed by atoms with Crippen LogP contribution in [0.4, 0.5) is 5.69 Å². The predicted octanol–water partition coefficient (Wildman–Crippen LogP) is 3.41. The minimum Gasteiger partial charge on any atom is -0.449 e. The Morgan fingerprint density at radius 1 is 1.27 bits per heavy atom. The second-order valence-corrected chi connectivity index (χ2v) is 3.90. The summed E-state index contributed by atoms with van der Waals surface area (Å²) >= 11 is 5.70. The molecule has 0 spiro atoms. The molecule has 1 heterocycles. The topological polar surface area (TPSA) is 39.2 Å². The molecule has 1 aromatic carbocycles. The van der Waals surface area contributed by atoms with E-state index in [-0.39, 0.29) is 0 Å². The van der Waals surface area contributed by atoms with Crippen molar-refractivity contribution in [1.82, 2.24) is 0 Å². The summed E-state index contributed by atoms with van der Waals surface area (Å²) in [5, 5.41) is 0.413. The van der Waals surface area contributed by atoms with Gasteiger partial charge in [0, 0.05) is 12.1 Å². The molecule has 15 heavy (non-hydrogen) atoms. The Hall–Kier alpha value is -1.41. The van der Waals surface area contributed by atoms with Gasteiger partial charge in [0.25, 0.3) is 0 Å². The smallest absolute Gasteiger partial charge is 0.193 e. The molecule has 0 saturated heterocycles. The normalized spacial score (nSPS) is 10.5. The lowest BCUT2D eigenvalue weighted by Gasteiger charge is -2.06. The van der Waals surface area contributed by atoms with E-state index >= 15 is 0 Å². The maximum atomic E-state index is 5.96. The van der Waals surface area contributed by atoms with Gasteiger partial charge in [-0.3, -0.25) is 0 Å². The van der Waals surface area contributed by atoms with Crippen LogP contribution in [-0.4, -0.2) is 0 Å². The van der Waals surface area contributed by atoms with Crippen molar-refractivity contribution in [3.05, 3.63) is 52.4 Å². The van der Waals surface area contributed by atoms with Gasteiger partial charge in [-0.25, -0.2) is 0 Å². The molecule has 2 rings (SSSR count). The van der Waals surface area contributed by atoms with Crippen LogP contribution in [0.1, 0.15) is 16.9 Å². The average Bonchev–Trinajstić information content (AvgIpc) is 2.59. The van der Waals surface area contributed by atoms with Crippen molar-refractivity contribution in [2.75, 3.05) is 5.73 Å². The van der Waals surface area contributed by atoms with Gasteiger partial charge in [-0.15, -0.1) is 0 Å². The van der Waals surface area contributed by atoms with Gasteiger partial charge in [-0.2, -0.15) is 0 Å². The number of furan rings is 1. The van der Waals surface area contributed by atoms with Gasteiger partial charge in [0.2, 0.25) is 0 Å². The zero-order chi connectivity index (χ0) is 10.8. The van der Waals surface area contributed by atoms with Gasteiger partial charge >= 0.3 is 0 Å². The summed E-state index contributed by atoms with van der Waals surface area (Å²) in [5.74, 6) is 0.831. The first-order valence-corrected chi connectivity index (χ1v) is 5.13. The van der Waals surface area contributed by atoms with E-state index in [9.17, 15) is 0 Å². The maximum Gasteiger partial charge on any atom is 0.193 e. The molecule has 0 aliphatic heterocycles. The second-order valence-electron chi connectivity index (χ2n) is 3.53.